The Labute approximate surface area is 135 Å². The molecule has 0 aliphatic carbocycles. The first-order chi connectivity index (χ1) is 10.1. The van der Waals surface area contributed by atoms with Crippen LogP contribution in [0, 0.1) is 0 Å². The maximum Gasteiger partial charge on any atom is 0.233 e. The smallest absolute Gasteiger partial charge is 0.233 e. The molecule has 0 bridgehead atoms. The van der Waals surface area contributed by atoms with Crippen molar-refractivity contribution in [1.82, 2.24) is 0 Å². The van der Waals surface area contributed by atoms with Crippen LogP contribution < -0.4 is 0 Å². The molecule has 112 valence electrons. The summed E-state index contributed by atoms with van der Waals surface area (Å²) in [6, 6.07) is 6.93. The highest BCUT2D eigenvalue weighted by Gasteiger charge is 2.17. The molecule has 1 rings (SSSR count). The zero-order valence-corrected chi connectivity index (χ0v) is 14.3. The molecule has 0 atom stereocenters. The van der Waals surface area contributed by atoms with Crippen LogP contribution in [-0.2, 0) is 10.1 Å². The molecule has 0 aromatic heterocycles. The number of Topliss-reactive ketones (excluding diaryl/α,β-unsaturated/α-hetero) is 2. The lowest BCUT2D eigenvalue weighted by molar-refractivity contribution is -0.111. The molecular weight excluding hydrogens is 328 g/mol. The summed E-state index contributed by atoms with van der Waals surface area (Å²) < 4.78 is 0. The van der Waals surface area contributed by atoms with E-state index < -0.39 is 11.6 Å². The zero-order valence-electron chi connectivity index (χ0n) is 12.7. The topological polar surface area (TPSA) is 34.1 Å². The fourth-order valence-electron chi connectivity index (χ4n) is 1.38. The quantitative estimate of drug-likeness (QED) is 0.237. The summed E-state index contributed by atoms with van der Waals surface area (Å²) in [6.45, 7) is 9.47. The third-order valence-corrected chi connectivity index (χ3v) is 3.12. The summed E-state index contributed by atoms with van der Waals surface area (Å²) in [7, 11) is 0. The molecule has 0 saturated carbocycles. The lowest BCUT2D eigenvalue weighted by atomic mass is 10.0. The van der Waals surface area contributed by atoms with Crippen molar-refractivity contribution in [3.05, 3.63) is 71.8 Å². The standard InChI is InChI=1S/C16H15BrO2.C2H6/c1-3-4-5-6-12(2)15(18)16(19)14-9-7-13(11-17)8-10-14;1-2/h3-10H,2,11H2,1H3;1-2H3/b4-3-,6-5-;. The Morgan fingerprint density at radius 2 is 1.71 bits per heavy atom. The zero-order chi connectivity index (χ0) is 16.3. The Balaban J connectivity index is 0.00000191. The average Bonchev–Trinajstić information content (AvgIpc) is 2.55. The third-order valence-electron chi connectivity index (χ3n) is 2.47. The summed E-state index contributed by atoms with van der Waals surface area (Å²) >= 11 is 3.32. The largest absolute Gasteiger partial charge is 0.285 e. The summed E-state index contributed by atoms with van der Waals surface area (Å²) in [5, 5.41) is 0.716. The molecule has 0 N–H and O–H groups in total. The number of carbonyl (C=O) groups excluding carboxylic acids is 2. The van der Waals surface area contributed by atoms with Crippen molar-refractivity contribution >= 4 is 27.5 Å². The minimum Gasteiger partial charge on any atom is -0.285 e. The van der Waals surface area contributed by atoms with Crippen LogP contribution in [0.1, 0.15) is 36.7 Å². The molecule has 3 heteroatoms. The first kappa shape index (κ1) is 19.3. The molecule has 0 amide bonds. The number of allylic oxidation sites excluding steroid dienone is 5. The Morgan fingerprint density at radius 3 is 2.19 bits per heavy atom. The van der Waals surface area contributed by atoms with Gasteiger partial charge in [-0.1, -0.05) is 84.9 Å². The van der Waals surface area contributed by atoms with Crippen LogP contribution in [0.3, 0.4) is 0 Å². The van der Waals surface area contributed by atoms with Crippen LogP contribution >= 0.6 is 15.9 Å². The van der Waals surface area contributed by atoms with Gasteiger partial charge in [0.2, 0.25) is 11.6 Å². The summed E-state index contributed by atoms with van der Waals surface area (Å²) in [5.74, 6) is -1.11. The van der Waals surface area contributed by atoms with Gasteiger partial charge in [0.15, 0.2) is 0 Å². The predicted octanol–water partition coefficient (Wildman–Crippen LogP) is 5.05. The van der Waals surface area contributed by atoms with Crippen molar-refractivity contribution in [1.29, 1.82) is 0 Å². The lowest BCUT2D eigenvalue weighted by Gasteiger charge is -2.01. The van der Waals surface area contributed by atoms with Crippen molar-refractivity contribution in [2.24, 2.45) is 0 Å². The van der Waals surface area contributed by atoms with Gasteiger partial charge in [-0.05, 0) is 12.5 Å². The highest BCUT2D eigenvalue weighted by molar-refractivity contribution is 9.08. The van der Waals surface area contributed by atoms with Gasteiger partial charge in [0.25, 0.3) is 0 Å². The third kappa shape index (κ3) is 6.50. The molecule has 0 spiro atoms. The van der Waals surface area contributed by atoms with E-state index in [2.05, 4.69) is 22.5 Å². The van der Waals surface area contributed by atoms with E-state index in [0.29, 0.717) is 10.9 Å². The van der Waals surface area contributed by atoms with Gasteiger partial charge in [0.05, 0.1) is 0 Å². The molecule has 0 radical (unpaired) electrons. The minimum absolute atomic E-state index is 0.188. The van der Waals surface area contributed by atoms with Gasteiger partial charge in [-0.25, -0.2) is 0 Å². The number of halogens is 1. The van der Waals surface area contributed by atoms with Crippen molar-refractivity contribution in [2.75, 3.05) is 0 Å². The summed E-state index contributed by atoms with van der Waals surface area (Å²) in [4.78, 5) is 23.8. The van der Waals surface area contributed by atoms with Gasteiger partial charge >= 0.3 is 0 Å². The predicted molar refractivity (Wildman–Crippen MR) is 92.9 cm³/mol. The second-order valence-electron chi connectivity index (χ2n) is 3.90. The molecule has 21 heavy (non-hydrogen) atoms. The second-order valence-corrected chi connectivity index (χ2v) is 4.46. The second kappa shape index (κ2) is 11.0. The van der Waals surface area contributed by atoms with E-state index in [1.165, 1.54) is 6.08 Å². The average molecular weight is 349 g/mol. The van der Waals surface area contributed by atoms with E-state index in [4.69, 9.17) is 0 Å². The fraction of sp³-hybridized carbons (Fsp3) is 0.222. The van der Waals surface area contributed by atoms with Gasteiger partial charge in [-0.3, -0.25) is 9.59 Å². The van der Waals surface area contributed by atoms with Gasteiger partial charge in [0, 0.05) is 16.5 Å². The SMILES string of the molecule is C=C(/C=C\C=C/C)C(=O)C(=O)c1ccc(CBr)cc1.CC. The van der Waals surface area contributed by atoms with Gasteiger partial charge < -0.3 is 0 Å². The van der Waals surface area contributed by atoms with Crippen molar-refractivity contribution < 1.29 is 9.59 Å². The van der Waals surface area contributed by atoms with Crippen molar-refractivity contribution in [2.45, 2.75) is 26.1 Å². The molecule has 0 saturated heterocycles. The summed E-state index contributed by atoms with van der Waals surface area (Å²) in [5.41, 5.74) is 1.62. The van der Waals surface area contributed by atoms with Crippen molar-refractivity contribution in [3.63, 3.8) is 0 Å². The van der Waals surface area contributed by atoms with Gasteiger partial charge in [-0.15, -0.1) is 0 Å². The first-order valence-corrected chi connectivity index (χ1v) is 7.94. The number of hydrogen-bond acceptors (Lipinski definition) is 2. The molecule has 0 fully saturated rings. The number of benzene rings is 1. The number of alkyl halides is 1. The Kier molecular flexibility index (Phi) is 10.1. The van der Waals surface area contributed by atoms with E-state index in [9.17, 15) is 9.59 Å². The lowest BCUT2D eigenvalue weighted by Crippen LogP contribution is -2.15. The maximum atomic E-state index is 11.9. The van der Waals surface area contributed by atoms with Crippen LogP contribution in [0.4, 0.5) is 0 Å². The van der Waals surface area contributed by atoms with E-state index in [0.717, 1.165) is 5.56 Å². The molecule has 1 aromatic rings. The highest BCUT2D eigenvalue weighted by Crippen LogP contribution is 2.10. The molecule has 1 aromatic carbocycles. The monoisotopic (exact) mass is 348 g/mol. The number of carbonyl (C=O) groups is 2. The fourth-order valence-corrected chi connectivity index (χ4v) is 1.75. The highest BCUT2D eigenvalue weighted by atomic mass is 79.9. The maximum absolute atomic E-state index is 11.9. The van der Waals surface area contributed by atoms with Crippen LogP contribution in [0.15, 0.2) is 60.7 Å². The van der Waals surface area contributed by atoms with Crippen LogP contribution in [0.5, 0.6) is 0 Å². The van der Waals surface area contributed by atoms with E-state index in [1.807, 2.05) is 39.0 Å². The number of rotatable bonds is 6. The number of ketones is 2. The van der Waals surface area contributed by atoms with Crippen LogP contribution in [-0.4, -0.2) is 11.6 Å². The van der Waals surface area contributed by atoms with E-state index in [1.54, 1.807) is 24.3 Å². The van der Waals surface area contributed by atoms with Crippen LogP contribution in [0.2, 0.25) is 0 Å². The van der Waals surface area contributed by atoms with Crippen molar-refractivity contribution in [3.8, 4) is 0 Å². The van der Waals surface area contributed by atoms with E-state index in [-0.39, 0.29) is 5.57 Å². The molecule has 0 heterocycles. The molecule has 0 aliphatic heterocycles. The Bertz CT molecular complexity index is 537. The Hall–Kier alpha value is -1.74. The van der Waals surface area contributed by atoms with Crippen LogP contribution in [0.25, 0.3) is 0 Å². The normalized spacial score (nSPS) is 10.3. The summed E-state index contributed by atoms with van der Waals surface area (Å²) in [6.07, 6.45) is 6.82. The van der Waals surface area contributed by atoms with Gasteiger partial charge in [0.1, 0.15) is 0 Å². The molecular formula is C18H21BrO2. The Morgan fingerprint density at radius 1 is 1.14 bits per heavy atom. The number of hydrogen-bond donors (Lipinski definition) is 0. The van der Waals surface area contributed by atoms with E-state index >= 15 is 0 Å². The molecule has 0 unspecified atom stereocenters. The van der Waals surface area contributed by atoms with Gasteiger partial charge in [-0.2, -0.15) is 0 Å². The molecule has 0 aliphatic rings. The minimum atomic E-state index is -0.577. The molecule has 2 nitrogen and oxygen atoms in total. The first-order valence-electron chi connectivity index (χ1n) is 6.82.